The van der Waals surface area contributed by atoms with Crippen molar-refractivity contribution >= 4 is 32.7 Å². The average molecular weight is 578 g/mol. The number of hydrogen-bond donors (Lipinski definition) is 1. The van der Waals surface area contributed by atoms with Crippen molar-refractivity contribution < 1.29 is 19.1 Å². The molecule has 0 unspecified atom stereocenters. The summed E-state index contributed by atoms with van der Waals surface area (Å²) in [5, 5.41) is 9.56. The molecule has 190 valence electrons. The molecule has 0 amide bonds. The molecule has 0 aromatic heterocycles. The molecular weight excluding hydrogens is 523 g/mol. The first kappa shape index (κ1) is 32.1. The summed E-state index contributed by atoms with van der Waals surface area (Å²) in [6.07, 6.45) is 10.4. The van der Waals surface area contributed by atoms with E-state index in [1.54, 1.807) is 7.11 Å². The Morgan fingerprint density at radius 1 is 1.00 bits per heavy atom. The fraction of sp³-hybridized carbons (Fsp3) is 0.885. The molecule has 0 aromatic carbocycles. The molecule has 0 saturated carbocycles. The molecule has 0 aliphatic carbocycles. The van der Waals surface area contributed by atoms with E-state index in [9.17, 15) is 9.90 Å². The van der Waals surface area contributed by atoms with Gasteiger partial charge in [-0.25, -0.2) is 0 Å². The van der Waals surface area contributed by atoms with Gasteiger partial charge in [-0.3, -0.25) is 0 Å². The third kappa shape index (κ3) is 12.6. The van der Waals surface area contributed by atoms with Crippen LogP contribution in [0.2, 0.25) is 31.4 Å². The molecule has 0 aromatic rings. The van der Waals surface area contributed by atoms with Crippen molar-refractivity contribution in [2.24, 2.45) is 0 Å². The molecule has 0 heterocycles. The summed E-state index contributed by atoms with van der Waals surface area (Å²) in [4.78, 5) is 11.6. The summed E-state index contributed by atoms with van der Waals surface area (Å²) in [6, 6.07) is 0. The Balaban J connectivity index is 5.66. The molecule has 32 heavy (non-hydrogen) atoms. The van der Waals surface area contributed by atoms with Crippen LogP contribution < -0.4 is 0 Å². The second-order valence-electron chi connectivity index (χ2n) is 11.1. The first-order chi connectivity index (χ1) is 14.9. The quantitative estimate of drug-likeness (QED) is 0.167. The van der Waals surface area contributed by atoms with Crippen LogP contribution in [-0.2, 0) is 14.0 Å². The molecule has 1 N–H and O–H groups in total. The molecule has 0 fully saturated rings. The Bertz CT molecular complexity index is 521. The van der Waals surface area contributed by atoms with Crippen molar-refractivity contribution in [1.82, 2.24) is 0 Å². The first-order valence-corrected chi connectivity index (χ1v) is 23.6. The minimum atomic E-state index is -2.39. The number of carbonyl (C=O) groups is 1. The van der Waals surface area contributed by atoms with Crippen molar-refractivity contribution in [1.29, 1.82) is 0 Å². The summed E-state index contributed by atoms with van der Waals surface area (Å²) in [6.45, 7) is 17.9. The van der Waals surface area contributed by atoms with Gasteiger partial charge in [0.05, 0.1) is 0 Å². The monoisotopic (exact) mass is 578 g/mol. The van der Waals surface area contributed by atoms with Gasteiger partial charge in [0.15, 0.2) is 0 Å². The van der Waals surface area contributed by atoms with Gasteiger partial charge in [0, 0.05) is 0 Å². The molecule has 2 atom stereocenters. The Kier molecular flexibility index (Phi) is 16.0. The molecule has 0 saturated heterocycles. The molecule has 0 radical (unpaired) electrons. The predicted octanol–water partition coefficient (Wildman–Crippen LogP) is 8.20. The Hall–Kier alpha value is 0.146. The number of unbranched alkanes of at least 4 members (excludes halogenated alkanes) is 3. The van der Waals surface area contributed by atoms with Gasteiger partial charge in [0.25, 0.3) is 0 Å². The number of hydrogen-bond acceptors (Lipinski definition) is 3. The number of aliphatic carboxylic acids is 1. The van der Waals surface area contributed by atoms with E-state index in [0.29, 0.717) is 6.42 Å². The van der Waals surface area contributed by atoms with Gasteiger partial charge in [0.2, 0.25) is 0 Å². The topological polar surface area (TPSA) is 55.8 Å². The van der Waals surface area contributed by atoms with E-state index < -0.39 is 32.7 Å². The Morgan fingerprint density at radius 2 is 1.47 bits per heavy atom. The fourth-order valence-electron chi connectivity index (χ4n) is 4.00. The van der Waals surface area contributed by atoms with E-state index in [1.807, 2.05) is 0 Å². The summed E-state index contributed by atoms with van der Waals surface area (Å²) >= 11 is -2.39. The molecule has 0 aliphatic rings. The van der Waals surface area contributed by atoms with Crippen LogP contribution in [0.15, 0.2) is 10.2 Å². The summed E-state index contributed by atoms with van der Waals surface area (Å²) in [5.41, 5.74) is 0. The number of carboxylic acid groups (broad SMARTS) is 1. The van der Waals surface area contributed by atoms with Crippen molar-refractivity contribution in [3.8, 4) is 0 Å². The Morgan fingerprint density at radius 3 is 1.81 bits per heavy atom. The zero-order valence-electron chi connectivity index (χ0n) is 22.8. The van der Waals surface area contributed by atoms with Crippen molar-refractivity contribution in [3.05, 3.63) is 10.2 Å². The second kappa shape index (κ2) is 15.9. The van der Waals surface area contributed by atoms with Crippen molar-refractivity contribution in [2.75, 3.05) is 7.11 Å². The van der Waals surface area contributed by atoms with Crippen LogP contribution in [0.4, 0.5) is 0 Å². The van der Waals surface area contributed by atoms with Gasteiger partial charge in [-0.1, -0.05) is 0 Å². The van der Waals surface area contributed by atoms with Gasteiger partial charge in [-0.15, -0.1) is 0 Å². The van der Waals surface area contributed by atoms with Gasteiger partial charge < -0.3 is 0 Å². The van der Waals surface area contributed by atoms with Crippen LogP contribution in [-0.4, -0.2) is 57.1 Å². The van der Waals surface area contributed by atoms with Gasteiger partial charge in [-0.05, 0) is 0 Å². The summed E-state index contributed by atoms with van der Waals surface area (Å²) < 4.78 is 19.3. The van der Waals surface area contributed by atoms with E-state index in [4.69, 9.17) is 9.16 Å². The number of carboxylic acids is 1. The molecule has 0 aliphatic heterocycles. The van der Waals surface area contributed by atoms with Crippen LogP contribution in [0, 0.1) is 0 Å². The van der Waals surface area contributed by atoms with Crippen LogP contribution in [0.5, 0.6) is 0 Å². The van der Waals surface area contributed by atoms with E-state index >= 15 is 0 Å². The van der Waals surface area contributed by atoms with Gasteiger partial charge >= 0.3 is 206 Å². The SMILES string of the molecule is CCC[CH2][Sn](/[CH]=C/[C@@H](C[C@@H](CC(=O)O)O[Si](C)(C)C(C)(C)C)OC)([CH2]CCC)[CH2]CCC. The summed E-state index contributed by atoms with van der Waals surface area (Å²) in [5.74, 6) is -0.796. The molecule has 0 rings (SSSR count). The average Bonchev–Trinajstić information content (AvgIpc) is 2.69. The first-order valence-electron chi connectivity index (χ1n) is 13.0. The van der Waals surface area contributed by atoms with Crippen molar-refractivity contribution in [3.63, 3.8) is 0 Å². The molecule has 6 heteroatoms. The standard InChI is InChI=1S/C14H27O4Si.3C4H9.Sn/c1-8-11(17-5)9-12(10-13(15)16)18-19(6,7)14(2,3)4;3*1-3-4-2;/h1,8,11-12H,9-10H2,2-7H3,(H,15,16);3*1,3-4H2,2H3;/t11-,12-;;;;/m0..../s1. The number of methoxy groups -OCH3 is 1. The van der Waals surface area contributed by atoms with Crippen LogP contribution in [0.25, 0.3) is 0 Å². The zero-order valence-corrected chi connectivity index (χ0v) is 26.6. The van der Waals surface area contributed by atoms with E-state index in [-0.39, 0.29) is 23.7 Å². The van der Waals surface area contributed by atoms with Gasteiger partial charge in [0.1, 0.15) is 0 Å². The zero-order chi connectivity index (χ0) is 24.8. The third-order valence-corrected chi connectivity index (χ3v) is 25.9. The van der Waals surface area contributed by atoms with Gasteiger partial charge in [-0.2, -0.15) is 0 Å². The van der Waals surface area contributed by atoms with E-state index in [1.165, 1.54) is 51.8 Å². The molecule has 0 bridgehead atoms. The Labute approximate surface area is 204 Å². The molecule has 4 nitrogen and oxygen atoms in total. The molecular formula is C26H54O4SiSn. The molecule has 0 spiro atoms. The third-order valence-electron chi connectivity index (χ3n) is 7.22. The van der Waals surface area contributed by atoms with Crippen LogP contribution in [0.3, 0.4) is 0 Å². The number of ether oxygens (including phenoxy) is 1. The van der Waals surface area contributed by atoms with Crippen molar-refractivity contribution in [2.45, 2.75) is 137 Å². The van der Waals surface area contributed by atoms with E-state index in [0.717, 1.165) is 0 Å². The van der Waals surface area contributed by atoms with Crippen LogP contribution in [0.1, 0.15) is 92.9 Å². The maximum atomic E-state index is 11.6. The van der Waals surface area contributed by atoms with Crippen LogP contribution >= 0.6 is 0 Å². The summed E-state index contributed by atoms with van der Waals surface area (Å²) in [7, 11) is -0.306. The number of rotatable bonds is 18. The normalized spacial score (nSPS) is 15.3. The second-order valence-corrected chi connectivity index (χ2v) is 28.9. The maximum absolute atomic E-state index is 11.6. The minimum absolute atomic E-state index is 0.0378. The predicted molar refractivity (Wildman–Crippen MR) is 144 cm³/mol. The van der Waals surface area contributed by atoms with E-state index in [2.05, 4.69) is 64.8 Å². The fourth-order valence-corrected chi connectivity index (χ4v) is 19.8.